The lowest BCUT2D eigenvalue weighted by Crippen LogP contribution is -2.41. The van der Waals surface area contributed by atoms with Gasteiger partial charge in [0.25, 0.3) is 22.5 Å². The van der Waals surface area contributed by atoms with Crippen LogP contribution in [0.25, 0.3) is 21.8 Å². The van der Waals surface area contributed by atoms with Crippen LogP contribution in [0.3, 0.4) is 0 Å². The van der Waals surface area contributed by atoms with Crippen molar-refractivity contribution in [1.82, 2.24) is 18.7 Å². The number of aromatic nitrogens is 4. The molecular formula is C31H24N6O9. The number of carbonyl (C=O) groups excluding carboxylic acids is 1. The van der Waals surface area contributed by atoms with Crippen molar-refractivity contribution in [2.75, 3.05) is 14.2 Å². The van der Waals surface area contributed by atoms with E-state index < -0.39 is 27.0 Å². The zero-order valence-corrected chi connectivity index (χ0v) is 24.4. The van der Waals surface area contributed by atoms with Crippen molar-refractivity contribution in [3.8, 4) is 11.5 Å². The fraction of sp³-hybridized carbons (Fsp3) is 0.129. The second kappa shape index (κ2) is 11.5. The summed E-state index contributed by atoms with van der Waals surface area (Å²) < 4.78 is 14.8. The zero-order chi connectivity index (χ0) is 32.7. The molecule has 15 nitrogen and oxygen atoms in total. The molecule has 0 saturated heterocycles. The Balaban J connectivity index is 1.60. The Hall–Kier alpha value is -6.51. The summed E-state index contributed by atoms with van der Waals surface area (Å²) in [5.41, 5.74) is -0.447. The molecule has 0 spiro atoms. The molecule has 0 atom stereocenters. The lowest BCUT2D eigenvalue weighted by molar-refractivity contribution is -0.385. The summed E-state index contributed by atoms with van der Waals surface area (Å²) in [7, 11) is 2.84. The molecule has 232 valence electrons. The predicted octanol–water partition coefficient (Wildman–Crippen LogP) is 4.37. The van der Waals surface area contributed by atoms with Crippen LogP contribution in [0.1, 0.15) is 11.1 Å². The van der Waals surface area contributed by atoms with Crippen LogP contribution in [0.2, 0.25) is 0 Å². The van der Waals surface area contributed by atoms with Crippen LogP contribution < -0.4 is 20.6 Å². The van der Waals surface area contributed by atoms with Gasteiger partial charge < -0.3 is 9.47 Å². The average molecular weight is 625 g/mol. The number of nitrogens with zero attached hydrogens (tertiary/aromatic N) is 6. The molecule has 0 aliphatic heterocycles. The predicted molar refractivity (Wildman–Crippen MR) is 166 cm³/mol. The molecule has 0 amide bonds. The summed E-state index contributed by atoms with van der Waals surface area (Å²) in [6.07, 6.45) is 0. The van der Waals surface area contributed by atoms with Gasteiger partial charge >= 0.3 is 6.03 Å². The number of hydrogen-bond acceptors (Lipinski definition) is 9. The molecule has 0 unspecified atom stereocenters. The fourth-order valence-electron chi connectivity index (χ4n) is 5.40. The van der Waals surface area contributed by atoms with Crippen LogP contribution >= 0.6 is 0 Å². The third-order valence-corrected chi connectivity index (χ3v) is 7.56. The van der Waals surface area contributed by atoms with Crippen molar-refractivity contribution < 1.29 is 24.1 Å². The van der Waals surface area contributed by atoms with Crippen LogP contribution in [0, 0.1) is 20.2 Å². The molecule has 0 aliphatic carbocycles. The van der Waals surface area contributed by atoms with Gasteiger partial charge in [0.15, 0.2) is 0 Å². The number of nitro benzene ring substituents is 2. The Kier molecular flexibility index (Phi) is 7.41. The number of benzene rings is 4. The Bertz CT molecular complexity index is 2170. The van der Waals surface area contributed by atoms with E-state index in [4.69, 9.17) is 9.47 Å². The van der Waals surface area contributed by atoms with E-state index in [1.165, 1.54) is 72.1 Å². The normalized spacial score (nSPS) is 11.2. The van der Waals surface area contributed by atoms with E-state index in [-0.39, 0.29) is 35.2 Å². The van der Waals surface area contributed by atoms with E-state index in [2.05, 4.69) is 0 Å². The first kappa shape index (κ1) is 29.6. The zero-order valence-electron chi connectivity index (χ0n) is 24.4. The Morgan fingerprint density at radius 2 is 1.07 bits per heavy atom. The first-order valence-corrected chi connectivity index (χ1v) is 13.7. The van der Waals surface area contributed by atoms with Crippen LogP contribution in [-0.4, -0.2) is 48.8 Å². The van der Waals surface area contributed by atoms with Crippen LogP contribution in [0.5, 0.6) is 11.5 Å². The second-order valence-electron chi connectivity index (χ2n) is 10.3. The van der Waals surface area contributed by atoms with Gasteiger partial charge in [-0.2, -0.15) is 9.36 Å². The highest BCUT2D eigenvalue weighted by Gasteiger charge is 2.27. The largest absolute Gasteiger partial charge is 0.497 e. The van der Waals surface area contributed by atoms with E-state index in [1.807, 2.05) is 0 Å². The lowest BCUT2D eigenvalue weighted by Gasteiger charge is -2.15. The maximum atomic E-state index is 14.5. The SMILES string of the molecule is COc1ccc2c(c1)c(=O)n(C(=O)n1c(=O)c3cc(OC)ccc3n1Cc1cccc([N+](=O)[O-])c1)n2Cc1cccc([N+](=O)[O-])c1. The third kappa shape index (κ3) is 5.04. The van der Waals surface area contributed by atoms with Gasteiger partial charge in [0.1, 0.15) is 11.5 Å². The van der Waals surface area contributed by atoms with Gasteiger partial charge in [0.2, 0.25) is 0 Å². The maximum Gasteiger partial charge on any atom is 0.372 e. The summed E-state index contributed by atoms with van der Waals surface area (Å²) >= 11 is 0. The maximum absolute atomic E-state index is 14.5. The van der Waals surface area contributed by atoms with Crippen molar-refractivity contribution in [3.63, 3.8) is 0 Å². The highest BCUT2D eigenvalue weighted by Crippen LogP contribution is 2.24. The van der Waals surface area contributed by atoms with Crippen LogP contribution in [0.15, 0.2) is 94.5 Å². The monoisotopic (exact) mass is 624 g/mol. The number of fused-ring (bicyclic) bond motifs is 2. The Morgan fingerprint density at radius 3 is 1.43 bits per heavy atom. The van der Waals surface area contributed by atoms with Crippen LogP contribution in [-0.2, 0) is 13.1 Å². The fourth-order valence-corrected chi connectivity index (χ4v) is 5.40. The molecule has 6 aromatic rings. The highest BCUT2D eigenvalue weighted by molar-refractivity contribution is 5.90. The van der Waals surface area contributed by atoms with Crippen molar-refractivity contribution in [2.45, 2.75) is 13.1 Å². The smallest absolute Gasteiger partial charge is 0.372 e. The van der Waals surface area contributed by atoms with E-state index >= 15 is 0 Å². The van der Waals surface area contributed by atoms with Crippen LogP contribution in [0.4, 0.5) is 16.2 Å². The minimum Gasteiger partial charge on any atom is -0.497 e. The first-order chi connectivity index (χ1) is 22.1. The Labute approximate surface area is 257 Å². The molecule has 4 aromatic carbocycles. The number of carbonyl (C=O) groups is 1. The molecular weight excluding hydrogens is 600 g/mol. The molecule has 0 fully saturated rings. The van der Waals surface area contributed by atoms with Crippen molar-refractivity contribution in [2.24, 2.45) is 0 Å². The van der Waals surface area contributed by atoms with Crippen molar-refractivity contribution >= 4 is 39.2 Å². The molecule has 46 heavy (non-hydrogen) atoms. The number of ether oxygens (including phenoxy) is 2. The van der Waals surface area contributed by atoms with E-state index in [0.717, 1.165) is 9.36 Å². The minimum atomic E-state index is -1.05. The summed E-state index contributed by atoms with van der Waals surface area (Å²) in [6, 6.07) is 19.7. The topological polar surface area (TPSA) is 176 Å². The summed E-state index contributed by atoms with van der Waals surface area (Å²) in [4.78, 5) is 64.2. The summed E-state index contributed by atoms with van der Waals surface area (Å²) in [6.45, 7) is -0.293. The van der Waals surface area contributed by atoms with Gasteiger partial charge in [-0.1, -0.05) is 24.3 Å². The van der Waals surface area contributed by atoms with Gasteiger partial charge in [-0.25, -0.2) is 4.79 Å². The molecule has 0 saturated carbocycles. The highest BCUT2D eigenvalue weighted by atomic mass is 16.6. The standard InChI is InChI=1S/C31H24N6O9/c1-45-23-9-11-27-25(15-23)29(38)34(32(27)17-19-5-3-7-21(13-19)36(41)42)31(40)35-30(39)26-16-24(46-2)10-12-28(26)33(35)18-20-6-4-8-22(14-20)37(43)44/h3-16H,17-18H2,1-2H3. The minimum absolute atomic E-state index is 0.106. The first-order valence-electron chi connectivity index (χ1n) is 13.7. The Morgan fingerprint density at radius 1 is 0.652 bits per heavy atom. The van der Waals surface area contributed by atoms with E-state index in [1.54, 1.807) is 36.4 Å². The number of hydrogen-bond donors (Lipinski definition) is 0. The van der Waals surface area contributed by atoms with E-state index in [0.29, 0.717) is 33.7 Å². The number of rotatable bonds is 8. The molecule has 6 rings (SSSR count). The van der Waals surface area contributed by atoms with Gasteiger partial charge in [-0.15, -0.1) is 0 Å². The van der Waals surface area contributed by atoms with Gasteiger partial charge in [-0.3, -0.25) is 39.2 Å². The molecule has 0 aliphatic rings. The lowest BCUT2D eigenvalue weighted by atomic mass is 10.2. The van der Waals surface area contributed by atoms with Gasteiger partial charge in [0.05, 0.1) is 59.0 Å². The third-order valence-electron chi connectivity index (χ3n) is 7.56. The average Bonchev–Trinajstić information content (AvgIpc) is 3.49. The quantitative estimate of drug-likeness (QED) is 0.176. The molecule has 2 heterocycles. The molecule has 15 heteroatoms. The molecule has 2 aromatic heterocycles. The molecule has 0 bridgehead atoms. The van der Waals surface area contributed by atoms with Crippen molar-refractivity contribution in [1.29, 1.82) is 0 Å². The number of methoxy groups -OCH3 is 2. The summed E-state index contributed by atoms with van der Waals surface area (Å²) in [5.74, 6) is 0.696. The number of nitro groups is 2. The van der Waals surface area contributed by atoms with Gasteiger partial charge in [-0.05, 0) is 47.5 Å². The second-order valence-corrected chi connectivity index (χ2v) is 10.3. The van der Waals surface area contributed by atoms with Gasteiger partial charge in [0, 0.05) is 24.3 Å². The molecule has 0 radical (unpaired) electrons. The number of non-ortho nitro benzene ring substituents is 2. The van der Waals surface area contributed by atoms with Crippen molar-refractivity contribution in [3.05, 3.63) is 137 Å². The molecule has 0 N–H and O–H groups in total. The summed E-state index contributed by atoms with van der Waals surface area (Å²) in [5, 5.41) is 23.1. The van der Waals surface area contributed by atoms with E-state index in [9.17, 15) is 34.6 Å².